The molecule has 2 aromatic heterocycles. The van der Waals surface area contributed by atoms with Gasteiger partial charge >= 0.3 is 12.1 Å². The monoisotopic (exact) mass is 323 g/mol. The molecule has 1 aliphatic carbocycles. The summed E-state index contributed by atoms with van der Waals surface area (Å²) in [6.45, 7) is 1.30. The van der Waals surface area contributed by atoms with Crippen LogP contribution in [0.2, 0.25) is 0 Å². The smallest absolute Gasteiger partial charge is 0.433 e. The first-order chi connectivity index (χ1) is 10.8. The Bertz CT molecular complexity index is 762. The van der Waals surface area contributed by atoms with Crippen molar-refractivity contribution in [2.75, 3.05) is 0 Å². The fraction of sp³-hybridized carbons (Fsp3) is 0.333. The Morgan fingerprint density at radius 2 is 2.13 bits per heavy atom. The fourth-order valence-corrected chi connectivity index (χ4v) is 2.49. The van der Waals surface area contributed by atoms with Crippen LogP contribution in [-0.2, 0) is 22.1 Å². The molecule has 0 saturated carbocycles. The van der Waals surface area contributed by atoms with Crippen molar-refractivity contribution < 1.29 is 22.7 Å². The minimum atomic E-state index is -4.53. The molecule has 0 saturated heterocycles. The number of halogens is 3. The summed E-state index contributed by atoms with van der Waals surface area (Å²) in [7, 11) is 0. The summed E-state index contributed by atoms with van der Waals surface area (Å²) in [6, 6.07) is 2.31. The number of hydrogen-bond donors (Lipinski definition) is 0. The van der Waals surface area contributed by atoms with Gasteiger partial charge in [-0.25, -0.2) is 9.97 Å². The van der Waals surface area contributed by atoms with Gasteiger partial charge in [0.2, 0.25) is 0 Å². The lowest BCUT2D eigenvalue weighted by Crippen LogP contribution is -2.09. The first kappa shape index (κ1) is 15.4. The number of hydrogen-bond acceptors (Lipinski definition) is 5. The van der Waals surface area contributed by atoms with Crippen molar-refractivity contribution in [2.24, 2.45) is 0 Å². The van der Waals surface area contributed by atoms with E-state index in [2.05, 4.69) is 15.0 Å². The van der Waals surface area contributed by atoms with Crippen LogP contribution < -0.4 is 0 Å². The molecule has 23 heavy (non-hydrogen) atoms. The number of fused-ring (bicyclic) bond motifs is 1. The molecule has 3 rings (SSSR count). The van der Waals surface area contributed by atoms with Crippen LogP contribution in [0.4, 0.5) is 13.2 Å². The van der Waals surface area contributed by atoms with Crippen LogP contribution in [0, 0.1) is 0 Å². The number of nitrogens with zero attached hydrogens (tertiary/aromatic N) is 3. The summed E-state index contributed by atoms with van der Waals surface area (Å²) in [6.07, 6.45) is -1.12. The molecule has 8 heteroatoms. The van der Waals surface area contributed by atoms with Gasteiger partial charge in [0.15, 0.2) is 5.82 Å². The molecule has 0 spiro atoms. The largest absolute Gasteiger partial charge is 0.456 e. The van der Waals surface area contributed by atoms with Gasteiger partial charge in [0.1, 0.15) is 11.8 Å². The topological polar surface area (TPSA) is 65.0 Å². The highest BCUT2D eigenvalue weighted by atomic mass is 19.4. The highest BCUT2D eigenvalue weighted by Crippen LogP contribution is 2.34. The van der Waals surface area contributed by atoms with Crippen LogP contribution in [0.15, 0.2) is 24.5 Å². The second kappa shape index (κ2) is 5.60. The summed E-state index contributed by atoms with van der Waals surface area (Å²) in [5, 5.41) is 0. The van der Waals surface area contributed by atoms with Gasteiger partial charge in [-0.05, 0) is 30.5 Å². The lowest BCUT2D eigenvalue weighted by molar-refractivity contribution is -0.146. The molecular weight excluding hydrogens is 311 g/mol. The van der Waals surface area contributed by atoms with E-state index < -0.39 is 23.9 Å². The molecule has 1 atom stereocenters. The minimum absolute atomic E-state index is 0.149. The zero-order valence-electron chi connectivity index (χ0n) is 12.1. The predicted molar refractivity (Wildman–Crippen MR) is 73.1 cm³/mol. The maximum atomic E-state index is 12.7. The summed E-state index contributed by atoms with van der Waals surface area (Å²) >= 11 is 0. The predicted octanol–water partition coefficient (Wildman–Crippen LogP) is 3.11. The quantitative estimate of drug-likeness (QED) is 0.795. The van der Waals surface area contributed by atoms with Gasteiger partial charge in [0.25, 0.3) is 0 Å². The molecule has 0 aromatic carbocycles. The Labute approximate surface area is 129 Å². The van der Waals surface area contributed by atoms with Gasteiger partial charge in [-0.1, -0.05) is 0 Å². The number of esters is 1. The number of aromatic nitrogens is 3. The van der Waals surface area contributed by atoms with Crippen LogP contribution in [0.25, 0.3) is 11.4 Å². The average molecular weight is 323 g/mol. The lowest BCUT2D eigenvalue weighted by atomic mass is 10.2. The fourth-order valence-electron chi connectivity index (χ4n) is 2.49. The van der Waals surface area contributed by atoms with Crippen LogP contribution in [0.5, 0.6) is 0 Å². The Morgan fingerprint density at radius 1 is 1.35 bits per heavy atom. The second-order valence-corrected chi connectivity index (χ2v) is 5.17. The van der Waals surface area contributed by atoms with Crippen LogP contribution in [0.3, 0.4) is 0 Å². The van der Waals surface area contributed by atoms with Crippen LogP contribution in [0.1, 0.15) is 36.4 Å². The van der Waals surface area contributed by atoms with Gasteiger partial charge in [0.05, 0.1) is 5.69 Å². The van der Waals surface area contributed by atoms with Gasteiger partial charge in [-0.2, -0.15) is 13.2 Å². The summed E-state index contributed by atoms with van der Waals surface area (Å²) in [4.78, 5) is 22.8. The third kappa shape index (κ3) is 3.15. The summed E-state index contributed by atoms with van der Waals surface area (Å²) < 4.78 is 43.4. The summed E-state index contributed by atoms with van der Waals surface area (Å²) in [5.41, 5.74) is 0.597. The van der Waals surface area contributed by atoms with Gasteiger partial charge in [-0.3, -0.25) is 9.78 Å². The highest BCUT2D eigenvalue weighted by Gasteiger charge is 2.33. The van der Waals surface area contributed by atoms with Crippen LogP contribution >= 0.6 is 0 Å². The van der Waals surface area contributed by atoms with Gasteiger partial charge in [-0.15, -0.1) is 0 Å². The third-order valence-corrected chi connectivity index (χ3v) is 3.50. The Kier molecular flexibility index (Phi) is 3.75. The average Bonchev–Trinajstić information content (AvgIpc) is 2.88. The van der Waals surface area contributed by atoms with Crippen LogP contribution in [-0.4, -0.2) is 20.9 Å². The lowest BCUT2D eigenvalue weighted by Gasteiger charge is -2.12. The second-order valence-electron chi connectivity index (χ2n) is 5.17. The standard InChI is InChI=1S/C15H12F3N3O2/c1-8(22)23-11-3-2-10-7-20-14(21-13(10)11)9-4-5-19-12(6-9)15(16,17)18/h4-7,11H,2-3H2,1H3. The number of rotatable bonds is 2. The van der Waals surface area contributed by atoms with Crippen molar-refractivity contribution in [3.63, 3.8) is 0 Å². The molecule has 1 unspecified atom stereocenters. The van der Waals surface area contributed by atoms with Crippen molar-refractivity contribution in [3.05, 3.63) is 41.5 Å². The number of pyridine rings is 1. The molecule has 0 amide bonds. The molecule has 2 heterocycles. The molecular formula is C15H12F3N3O2. The molecule has 120 valence electrons. The third-order valence-electron chi connectivity index (χ3n) is 3.50. The Hall–Kier alpha value is -2.51. The van der Waals surface area contributed by atoms with E-state index in [0.717, 1.165) is 17.8 Å². The van der Waals surface area contributed by atoms with E-state index >= 15 is 0 Å². The number of carbonyl (C=O) groups excluding carboxylic acids is 1. The molecule has 0 fully saturated rings. The van der Waals surface area contributed by atoms with Gasteiger partial charge in [0, 0.05) is 24.9 Å². The molecule has 5 nitrogen and oxygen atoms in total. The first-order valence-corrected chi connectivity index (χ1v) is 6.91. The molecule has 0 aliphatic heterocycles. The Morgan fingerprint density at radius 3 is 2.83 bits per heavy atom. The van der Waals surface area contributed by atoms with Crippen molar-refractivity contribution >= 4 is 5.97 Å². The normalized spacial score (nSPS) is 17.0. The van der Waals surface area contributed by atoms with Crippen molar-refractivity contribution in [1.82, 2.24) is 15.0 Å². The van der Waals surface area contributed by atoms with E-state index in [0.29, 0.717) is 18.5 Å². The van der Waals surface area contributed by atoms with E-state index in [1.165, 1.54) is 13.0 Å². The van der Waals surface area contributed by atoms with E-state index in [-0.39, 0.29) is 11.4 Å². The van der Waals surface area contributed by atoms with Crippen molar-refractivity contribution in [1.29, 1.82) is 0 Å². The molecule has 2 aromatic rings. The first-order valence-electron chi connectivity index (χ1n) is 6.91. The summed E-state index contributed by atoms with van der Waals surface area (Å²) in [5.74, 6) is -0.276. The minimum Gasteiger partial charge on any atom is -0.456 e. The van der Waals surface area contributed by atoms with Crippen molar-refractivity contribution in [2.45, 2.75) is 32.0 Å². The molecule has 0 radical (unpaired) electrons. The van der Waals surface area contributed by atoms with E-state index in [4.69, 9.17) is 4.74 Å². The number of alkyl halides is 3. The van der Waals surface area contributed by atoms with Gasteiger partial charge < -0.3 is 4.74 Å². The van der Waals surface area contributed by atoms with E-state index in [9.17, 15) is 18.0 Å². The molecule has 0 N–H and O–H groups in total. The van der Waals surface area contributed by atoms with Crippen molar-refractivity contribution in [3.8, 4) is 11.4 Å². The molecule has 1 aliphatic rings. The van der Waals surface area contributed by atoms with E-state index in [1.807, 2.05) is 0 Å². The maximum absolute atomic E-state index is 12.7. The Balaban J connectivity index is 1.98. The highest BCUT2D eigenvalue weighted by molar-refractivity contribution is 5.66. The maximum Gasteiger partial charge on any atom is 0.433 e. The molecule has 0 bridgehead atoms. The zero-order chi connectivity index (χ0) is 16.6. The number of carbonyl (C=O) groups is 1. The van der Waals surface area contributed by atoms with E-state index in [1.54, 1.807) is 6.20 Å². The number of ether oxygens (including phenoxy) is 1. The number of aryl methyl sites for hydroxylation is 1. The zero-order valence-corrected chi connectivity index (χ0v) is 12.1. The SMILES string of the molecule is CC(=O)OC1CCc2cnc(-c3ccnc(C(F)(F)F)c3)nc21.